The van der Waals surface area contributed by atoms with Gasteiger partial charge in [-0.1, -0.05) is 0 Å². The Labute approximate surface area is 96.0 Å². The Balaban J connectivity index is 2.52. The summed E-state index contributed by atoms with van der Waals surface area (Å²) in [4.78, 5) is 0.0204. The van der Waals surface area contributed by atoms with E-state index in [1.165, 1.54) is 11.4 Å². The van der Waals surface area contributed by atoms with Crippen LogP contribution in [0.3, 0.4) is 0 Å². The molecule has 1 saturated heterocycles. The van der Waals surface area contributed by atoms with Crippen LogP contribution in [0.5, 0.6) is 0 Å². The van der Waals surface area contributed by atoms with Crippen molar-refractivity contribution in [3.8, 4) is 0 Å². The van der Waals surface area contributed by atoms with E-state index < -0.39 is 22.5 Å². The highest BCUT2D eigenvalue weighted by molar-refractivity contribution is 7.89. The summed E-state index contributed by atoms with van der Waals surface area (Å²) < 4.78 is 45.9. The van der Waals surface area contributed by atoms with Gasteiger partial charge in [-0.25, -0.2) is 17.9 Å². The fourth-order valence-electron chi connectivity index (χ4n) is 1.52. The molecule has 0 spiro atoms. The highest BCUT2D eigenvalue weighted by Crippen LogP contribution is 2.39. The molecule has 2 N–H and O–H groups in total. The second kappa shape index (κ2) is 4.04. The van der Waals surface area contributed by atoms with Crippen molar-refractivity contribution in [1.82, 2.24) is 0 Å². The van der Waals surface area contributed by atoms with Crippen LogP contribution in [0.25, 0.3) is 0 Å². The number of hydrogen-bond donors (Lipinski definition) is 1. The van der Waals surface area contributed by atoms with Crippen molar-refractivity contribution in [2.24, 2.45) is 5.14 Å². The minimum atomic E-state index is -3.89. The van der Waals surface area contributed by atoms with Gasteiger partial charge < -0.3 is 9.47 Å². The second-order valence-electron chi connectivity index (χ2n) is 3.24. The molecule has 16 heavy (non-hydrogen) atoms. The largest absolute Gasteiger partial charge is 0.341 e. The van der Waals surface area contributed by atoms with Crippen LogP contribution in [0.4, 0.5) is 4.39 Å². The fraction of sp³-hybridized carbons (Fsp3) is 0.500. The number of nitrogens with two attached hydrogens (primary N) is 1. The van der Waals surface area contributed by atoms with Gasteiger partial charge in [0.1, 0.15) is 11.6 Å². The zero-order chi connectivity index (χ0) is 11.8. The smallest absolute Gasteiger partial charge is 0.239 e. The first-order valence-corrected chi connectivity index (χ1v) is 6.87. The lowest BCUT2D eigenvalue weighted by atomic mass is 10.2. The molecule has 1 aromatic rings. The average Bonchev–Trinajstić information content (AvgIpc) is 2.86. The molecule has 2 heterocycles. The zero-order valence-corrected chi connectivity index (χ0v) is 9.81. The Kier molecular flexibility index (Phi) is 3.01. The predicted octanol–water partition coefficient (Wildman–Crippen LogP) is 0.565. The Morgan fingerprint density at radius 3 is 2.62 bits per heavy atom. The maximum absolute atomic E-state index is 13.0. The van der Waals surface area contributed by atoms with Gasteiger partial charge in [-0.15, -0.1) is 11.3 Å². The molecule has 1 fully saturated rings. The first-order chi connectivity index (χ1) is 7.49. The molecule has 0 aliphatic carbocycles. The van der Waals surface area contributed by atoms with Crippen molar-refractivity contribution in [2.75, 3.05) is 19.9 Å². The highest BCUT2D eigenvalue weighted by atomic mass is 32.2. The molecule has 5 nitrogen and oxygen atoms in total. The summed E-state index contributed by atoms with van der Waals surface area (Å²) in [5.41, 5.74) is 0. The van der Waals surface area contributed by atoms with Crippen LogP contribution in [0, 0.1) is 0 Å². The Morgan fingerprint density at radius 1 is 1.50 bits per heavy atom. The summed E-state index contributed by atoms with van der Waals surface area (Å²) in [5, 5.41) is 6.54. The van der Waals surface area contributed by atoms with Crippen molar-refractivity contribution < 1.29 is 22.3 Å². The predicted molar refractivity (Wildman–Crippen MR) is 55.2 cm³/mol. The Morgan fingerprint density at radius 2 is 2.12 bits per heavy atom. The normalized spacial score (nSPS) is 20.1. The molecule has 1 aliphatic rings. The molecule has 0 atom stereocenters. The van der Waals surface area contributed by atoms with E-state index >= 15 is 0 Å². The fourth-order valence-corrected chi connectivity index (χ4v) is 3.65. The molecule has 90 valence electrons. The number of ether oxygens (including phenoxy) is 2. The molecule has 1 aliphatic heterocycles. The number of halogens is 1. The van der Waals surface area contributed by atoms with Crippen LogP contribution in [-0.2, 0) is 25.3 Å². The summed E-state index contributed by atoms with van der Waals surface area (Å²) >= 11 is 1.05. The van der Waals surface area contributed by atoms with Crippen LogP contribution < -0.4 is 5.14 Å². The van der Waals surface area contributed by atoms with Gasteiger partial charge in [0.15, 0.2) is 0 Å². The van der Waals surface area contributed by atoms with Gasteiger partial charge in [0.25, 0.3) is 0 Å². The third-order valence-corrected chi connectivity index (χ3v) is 4.33. The van der Waals surface area contributed by atoms with Crippen molar-refractivity contribution in [1.29, 1.82) is 0 Å². The first-order valence-electron chi connectivity index (χ1n) is 4.44. The summed E-state index contributed by atoms with van der Waals surface area (Å²) in [6.07, 6.45) is 0. The van der Waals surface area contributed by atoms with Crippen LogP contribution in [0.2, 0.25) is 0 Å². The summed E-state index contributed by atoms with van der Waals surface area (Å²) in [5.74, 6) is -1.60. The molecule has 0 unspecified atom stereocenters. The van der Waals surface area contributed by atoms with Crippen molar-refractivity contribution in [2.45, 2.75) is 10.7 Å². The monoisotopic (exact) mass is 267 g/mol. The van der Waals surface area contributed by atoms with E-state index in [1.54, 1.807) is 0 Å². The van der Waals surface area contributed by atoms with Gasteiger partial charge in [0.05, 0.1) is 18.1 Å². The number of thiophene rings is 1. The Hall–Kier alpha value is -0.540. The van der Waals surface area contributed by atoms with E-state index in [9.17, 15) is 12.8 Å². The van der Waals surface area contributed by atoms with Crippen molar-refractivity contribution >= 4 is 21.4 Å². The SMILES string of the molecule is NS(=O)(=O)c1ccsc1C1(CF)OCCO1. The lowest BCUT2D eigenvalue weighted by Gasteiger charge is -2.23. The molecule has 8 heteroatoms. The zero-order valence-electron chi connectivity index (χ0n) is 8.18. The lowest BCUT2D eigenvalue weighted by Crippen LogP contribution is -2.31. The molecular formula is C8H10FNO4S2. The maximum atomic E-state index is 13.0. The van der Waals surface area contributed by atoms with E-state index in [4.69, 9.17) is 14.6 Å². The average molecular weight is 267 g/mol. The van der Waals surface area contributed by atoms with E-state index in [-0.39, 0.29) is 23.0 Å². The topological polar surface area (TPSA) is 78.6 Å². The highest BCUT2D eigenvalue weighted by Gasteiger charge is 2.43. The quantitative estimate of drug-likeness (QED) is 0.868. The van der Waals surface area contributed by atoms with Crippen LogP contribution in [0.15, 0.2) is 16.3 Å². The molecular weight excluding hydrogens is 257 g/mol. The first kappa shape index (κ1) is 11.9. The molecule has 2 rings (SSSR count). The van der Waals surface area contributed by atoms with Gasteiger partial charge >= 0.3 is 0 Å². The number of sulfonamides is 1. The summed E-state index contributed by atoms with van der Waals surface area (Å²) in [6.45, 7) is -0.492. The summed E-state index contributed by atoms with van der Waals surface area (Å²) in [6, 6.07) is 1.32. The molecule has 0 amide bonds. The Bertz CT molecular complexity index is 478. The van der Waals surface area contributed by atoms with Crippen molar-refractivity contribution in [3.05, 3.63) is 16.3 Å². The van der Waals surface area contributed by atoms with Gasteiger partial charge in [0, 0.05) is 0 Å². The third-order valence-electron chi connectivity index (χ3n) is 2.21. The standard InChI is InChI=1S/C8H10FNO4S2/c9-5-8(13-2-3-14-8)7-6(1-4-15-7)16(10,11)12/h1,4H,2-3,5H2,(H2,10,11,12). The van der Waals surface area contributed by atoms with Crippen LogP contribution in [-0.4, -0.2) is 28.3 Å². The molecule has 0 aromatic carbocycles. The maximum Gasteiger partial charge on any atom is 0.239 e. The minimum absolute atomic E-state index is 0.142. The lowest BCUT2D eigenvalue weighted by molar-refractivity contribution is -0.175. The number of alkyl halides is 1. The van der Waals surface area contributed by atoms with Crippen molar-refractivity contribution in [3.63, 3.8) is 0 Å². The van der Waals surface area contributed by atoms with E-state index in [1.807, 2.05) is 0 Å². The molecule has 0 bridgehead atoms. The van der Waals surface area contributed by atoms with E-state index in [0.717, 1.165) is 11.3 Å². The molecule has 0 radical (unpaired) electrons. The number of hydrogen-bond acceptors (Lipinski definition) is 5. The second-order valence-corrected chi connectivity index (χ2v) is 5.69. The van der Waals surface area contributed by atoms with Crippen LogP contribution in [0.1, 0.15) is 4.88 Å². The molecule has 0 saturated carbocycles. The van der Waals surface area contributed by atoms with Gasteiger partial charge in [-0.2, -0.15) is 0 Å². The minimum Gasteiger partial charge on any atom is -0.341 e. The van der Waals surface area contributed by atoms with Gasteiger partial charge in [0.2, 0.25) is 15.8 Å². The van der Waals surface area contributed by atoms with Crippen LogP contribution >= 0.6 is 11.3 Å². The number of primary sulfonamides is 1. The number of rotatable bonds is 3. The van der Waals surface area contributed by atoms with Gasteiger partial charge in [-0.3, -0.25) is 0 Å². The third kappa shape index (κ3) is 1.87. The summed E-state index contributed by atoms with van der Waals surface area (Å²) in [7, 11) is -3.89. The molecule has 1 aromatic heterocycles. The van der Waals surface area contributed by atoms with E-state index in [0.29, 0.717) is 0 Å². The van der Waals surface area contributed by atoms with Gasteiger partial charge in [-0.05, 0) is 11.4 Å². The van der Waals surface area contributed by atoms with E-state index in [2.05, 4.69) is 0 Å².